The molecule has 0 radical (unpaired) electrons. The van der Waals surface area contributed by atoms with Gasteiger partial charge in [0.15, 0.2) is 11.5 Å². The summed E-state index contributed by atoms with van der Waals surface area (Å²) in [4.78, 5) is 25.1. The molecule has 1 unspecified atom stereocenters. The fraction of sp³-hybridized carbons (Fsp3) is 0.300. The zero-order valence-electron chi connectivity index (χ0n) is 14.7. The maximum absolute atomic E-state index is 12.6. The predicted octanol–water partition coefficient (Wildman–Crippen LogP) is 2.58. The monoisotopic (exact) mass is 368 g/mol. The summed E-state index contributed by atoms with van der Waals surface area (Å²) in [6.07, 6.45) is 2.02. The lowest BCUT2D eigenvalue weighted by molar-refractivity contribution is 0.0858. The Bertz CT molecular complexity index is 861. The summed E-state index contributed by atoms with van der Waals surface area (Å²) in [6.45, 7) is 1.35. The van der Waals surface area contributed by atoms with Crippen molar-refractivity contribution in [2.75, 3.05) is 25.3 Å². The Hall–Kier alpha value is -3.06. The van der Waals surface area contributed by atoms with Gasteiger partial charge < -0.3 is 24.8 Å². The Morgan fingerprint density at radius 3 is 2.74 bits per heavy atom. The smallest absolute Gasteiger partial charge is 0.255 e. The topological polar surface area (TPSA) is 85.9 Å². The molecule has 2 aliphatic rings. The van der Waals surface area contributed by atoms with Crippen LogP contribution in [0.15, 0.2) is 42.5 Å². The third kappa shape index (κ3) is 3.88. The number of anilines is 1. The summed E-state index contributed by atoms with van der Waals surface area (Å²) in [5.41, 5.74) is 1.28. The molecular weight excluding hydrogens is 348 g/mol. The lowest BCUT2D eigenvalue weighted by atomic mass is 10.1. The molecule has 2 N–H and O–H groups in total. The van der Waals surface area contributed by atoms with Crippen molar-refractivity contribution in [2.45, 2.75) is 18.9 Å². The first-order valence-corrected chi connectivity index (χ1v) is 8.90. The highest BCUT2D eigenvalue weighted by Gasteiger charge is 2.20. The van der Waals surface area contributed by atoms with Crippen LogP contribution in [0.1, 0.15) is 33.6 Å². The lowest BCUT2D eigenvalue weighted by Gasteiger charge is -2.14. The van der Waals surface area contributed by atoms with Gasteiger partial charge in [-0.1, -0.05) is 12.1 Å². The average Bonchev–Trinajstić information content (AvgIpc) is 3.37. The van der Waals surface area contributed by atoms with Gasteiger partial charge in [-0.25, -0.2) is 0 Å². The third-order valence-electron chi connectivity index (χ3n) is 4.57. The van der Waals surface area contributed by atoms with Gasteiger partial charge in [-0.3, -0.25) is 9.59 Å². The summed E-state index contributed by atoms with van der Waals surface area (Å²) >= 11 is 0. The first-order chi connectivity index (χ1) is 13.2. The summed E-state index contributed by atoms with van der Waals surface area (Å²) in [5.74, 6) is 0.575. The van der Waals surface area contributed by atoms with E-state index in [9.17, 15) is 9.59 Å². The Morgan fingerprint density at radius 2 is 1.89 bits per heavy atom. The normalized spacial score (nSPS) is 17.6. The second-order valence-electron chi connectivity index (χ2n) is 6.41. The molecule has 0 bridgehead atoms. The van der Waals surface area contributed by atoms with Crippen molar-refractivity contribution in [3.05, 3.63) is 53.6 Å². The van der Waals surface area contributed by atoms with Crippen LogP contribution in [0.3, 0.4) is 0 Å². The maximum atomic E-state index is 12.6. The molecule has 140 valence electrons. The van der Waals surface area contributed by atoms with Gasteiger partial charge in [0, 0.05) is 18.7 Å². The van der Waals surface area contributed by atoms with Crippen LogP contribution in [-0.4, -0.2) is 37.9 Å². The molecule has 4 rings (SSSR count). The molecule has 2 amide bonds. The van der Waals surface area contributed by atoms with Crippen molar-refractivity contribution in [3.8, 4) is 11.5 Å². The number of rotatable bonds is 5. The van der Waals surface area contributed by atoms with Crippen LogP contribution in [0.25, 0.3) is 0 Å². The van der Waals surface area contributed by atoms with Gasteiger partial charge in [0.1, 0.15) is 0 Å². The standard InChI is InChI=1S/C20H20N2O5/c23-19(13-7-8-17-18(10-13)27-12-26-17)22-16-6-2-1-5-15(16)20(24)21-11-14-4-3-9-25-14/h1-2,5-8,10,14H,3-4,9,11-12H2,(H,21,24)(H,22,23). The minimum atomic E-state index is -0.326. The largest absolute Gasteiger partial charge is 0.454 e. The van der Waals surface area contributed by atoms with Gasteiger partial charge in [0.2, 0.25) is 6.79 Å². The zero-order valence-corrected chi connectivity index (χ0v) is 14.7. The Labute approximate surface area is 156 Å². The number of benzene rings is 2. The number of hydrogen-bond donors (Lipinski definition) is 2. The SMILES string of the molecule is O=C(Nc1ccccc1C(=O)NCC1CCCO1)c1ccc2c(c1)OCO2. The van der Waals surface area contributed by atoms with Gasteiger partial charge in [-0.2, -0.15) is 0 Å². The number of carbonyl (C=O) groups is 2. The van der Waals surface area contributed by atoms with Gasteiger partial charge in [0.05, 0.1) is 17.4 Å². The van der Waals surface area contributed by atoms with Crippen molar-refractivity contribution < 1.29 is 23.8 Å². The number of nitrogens with one attached hydrogen (secondary N) is 2. The number of carbonyl (C=O) groups excluding carboxylic acids is 2. The van der Waals surface area contributed by atoms with Crippen LogP contribution < -0.4 is 20.1 Å². The van der Waals surface area contributed by atoms with Crippen LogP contribution in [0, 0.1) is 0 Å². The Morgan fingerprint density at radius 1 is 1.04 bits per heavy atom. The van der Waals surface area contributed by atoms with E-state index in [1.165, 1.54) is 0 Å². The highest BCUT2D eigenvalue weighted by atomic mass is 16.7. The van der Waals surface area contributed by atoms with Crippen LogP contribution in [0.2, 0.25) is 0 Å². The van der Waals surface area contributed by atoms with E-state index in [0.717, 1.165) is 19.4 Å². The summed E-state index contributed by atoms with van der Waals surface area (Å²) in [5, 5.41) is 5.68. The Kier molecular flexibility index (Phi) is 4.93. The molecule has 0 spiro atoms. The molecule has 7 heteroatoms. The first kappa shape index (κ1) is 17.4. The summed E-state index contributed by atoms with van der Waals surface area (Å²) in [6, 6.07) is 11.9. The molecule has 1 fully saturated rings. The van der Waals surface area contributed by atoms with Crippen LogP contribution in [-0.2, 0) is 4.74 Å². The molecule has 2 aliphatic heterocycles. The zero-order chi connectivity index (χ0) is 18.6. The minimum absolute atomic E-state index is 0.0596. The third-order valence-corrected chi connectivity index (χ3v) is 4.57. The second-order valence-corrected chi connectivity index (χ2v) is 6.41. The molecule has 0 aliphatic carbocycles. The predicted molar refractivity (Wildman–Crippen MR) is 98.3 cm³/mol. The van der Waals surface area contributed by atoms with E-state index in [2.05, 4.69) is 10.6 Å². The van der Waals surface area contributed by atoms with E-state index in [4.69, 9.17) is 14.2 Å². The maximum Gasteiger partial charge on any atom is 0.255 e. The number of fused-ring (bicyclic) bond motifs is 1. The molecule has 0 aromatic heterocycles. The van der Waals surface area contributed by atoms with E-state index in [1.807, 2.05) is 0 Å². The van der Waals surface area contributed by atoms with Crippen molar-refractivity contribution in [3.63, 3.8) is 0 Å². The molecule has 0 saturated carbocycles. The molecule has 7 nitrogen and oxygen atoms in total. The quantitative estimate of drug-likeness (QED) is 0.847. The first-order valence-electron chi connectivity index (χ1n) is 8.90. The van der Waals surface area contributed by atoms with Crippen molar-refractivity contribution in [2.24, 2.45) is 0 Å². The van der Waals surface area contributed by atoms with E-state index in [-0.39, 0.29) is 24.7 Å². The number of amides is 2. The fourth-order valence-electron chi connectivity index (χ4n) is 3.13. The number of ether oxygens (including phenoxy) is 3. The summed E-state index contributed by atoms with van der Waals surface area (Å²) < 4.78 is 16.1. The van der Waals surface area contributed by atoms with Crippen molar-refractivity contribution in [1.29, 1.82) is 0 Å². The average molecular weight is 368 g/mol. The van der Waals surface area contributed by atoms with E-state index >= 15 is 0 Å². The molecule has 1 atom stereocenters. The lowest BCUT2D eigenvalue weighted by Crippen LogP contribution is -2.32. The molecule has 2 heterocycles. The molecule has 1 saturated heterocycles. The van der Waals surface area contributed by atoms with Gasteiger partial charge >= 0.3 is 0 Å². The second kappa shape index (κ2) is 7.67. The molecular formula is C20H20N2O5. The van der Waals surface area contributed by atoms with E-state index in [0.29, 0.717) is 34.9 Å². The van der Waals surface area contributed by atoms with Crippen LogP contribution in [0.4, 0.5) is 5.69 Å². The highest BCUT2D eigenvalue weighted by Crippen LogP contribution is 2.32. The molecule has 2 aromatic carbocycles. The van der Waals surface area contributed by atoms with Gasteiger partial charge in [-0.05, 0) is 43.2 Å². The van der Waals surface area contributed by atoms with Gasteiger partial charge in [-0.15, -0.1) is 0 Å². The van der Waals surface area contributed by atoms with E-state index < -0.39 is 0 Å². The highest BCUT2D eigenvalue weighted by molar-refractivity contribution is 6.09. The fourth-order valence-corrected chi connectivity index (χ4v) is 3.13. The van der Waals surface area contributed by atoms with Crippen LogP contribution in [0.5, 0.6) is 11.5 Å². The van der Waals surface area contributed by atoms with Gasteiger partial charge in [0.25, 0.3) is 11.8 Å². The Balaban J connectivity index is 1.45. The molecule has 27 heavy (non-hydrogen) atoms. The molecule has 2 aromatic rings. The number of hydrogen-bond acceptors (Lipinski definition) is 5. The number of para-hydroxylation sites is 1. The van der Waals surface area contributed by atoms with Crippen LogP contribution >= 0.6 is 0 Å². The van der Waals surface area contributed by atoms with Crippen molar-refractivity contribution in [1.82, 2.24) is 5.32 Å². The minimum Gasteiger partial charge on any atom is -0.454 e. The van der Waals surface area contributed by atoms with E-state index in [1.54, 1.807) is 42.5 Å². The van der Waals surface area contributed by atoms with Crippen molar-refractivity contribution >= 4 is 17.5 Å². The summed E-state index contributed by atoms with van der Waals surface area (Å²) in [7, 11) is 0.